The Balaban J connectivity index is 1.40. The molecular formula is C19H20ClN7O2. The molecule has 2 aromatic rings. The van der Waals surface area contributed by atoms with E-state index in [9.17, 15) is 0 Å². The molecule has 0 saturated heterocycles. The Hall–Kier alpha value is -2.78. The second kappa shape index (κ2) is 6.11. The summed E-state index contributed by atoms with van der Waals surface area (Å²) in [6.45, 7) is 0.551. The molecule has 0 N–H and O–H groups in total. The van der Waals surface area contributed by atoms with E-state index in [0.29, 0.717) is 18.5 Å². The number of benzene rings is 1. The first kappa shape index (κ1) is 17.1. The van der Waals surface area contributed by atoms with Crippen molar-refractivity contribution in [2.45, 2.75) is 37.5 Å². The smallest absolute Gasteiger partial charge is 0.290 e. The van der Waals surface area contributed by atoms with Crippen molar-refractivity contribution in [1.82, 2.24) is 19.6 Å². The van der Waals surface area contributed by atoms with Crippen molar-refractivity contribution in [3.8, 4) is 0 Å². The fourth-order valence-corrected chi connectivity index (χ4v) is 4.88. The number of hydrazine groups is 1. The molecule has 1 unspecified atom stereocenters. The third-order valence-electron chi connectivity index (χ3n) is 6.14. The second-order valence-corrected chi connectivity index (χ2v) is 8.08. The number of aromatic nitrogens is 2. The zero-order chi connectivity index (χ0) is 19.6. The topological polar surface area (TPSA) is 73.5 Å². The molecule has 0 amide bonds. The molecule has 6 rings (SSSR count). The monoisotopic (exact) mass is 413 g/mol. The van der Waals surface area contributed by atoms with E-state index < -0.39 is 5.60 Å². The zero-order valence-electron chi connectivity index (χ0n) is 15.9. The lowest BCUT2D eigenvalue weighted by Crippen LogP contribution is -2.47. The van der Waals surface area contributed by atoms with Gasteiger partial charge in [0.2, 0.25) is 0 Å². The quantitative estimate of drug-likeness (QED) is 0.710. The van der Waals surface area contributed by atoms with Crippen LogP contribution in [0.2, 0.25) is 0 Å². The molecular weight excluding hydrogens is 394 g/mol. The molecule has 4 heterocycles. The van der Waals surface area contributed by atoms with E-state index in [2.05, 4.69) is 22.2 Å². The summed E-state index contributed by atoms with van der Waals surface area (Å²) in [4.78, 5) is 11.6. The van der Waals surface area contributed by atoms with E-state index in [1.807, 2.05) is 28.4 Å². The summed E-state index contributed by atoms with van der Waals surface area (Å²) < 4.78 is 13.1. The molecule has 150 valence electrons. The molecule has 1 aromatic carbocycles. The summed E-state index contributed by atoms with van der Waals surface area (Å²) in [6, 6.07) is 8.22. The lowest BCUT2D eigenvalue weighted by atomic mass is 10.0. The minimum Gasteiger partial charge on any atom is -0.368 e. The van der Waals surface area contributed by atoms with Crippen molar-refractivity contribution in [2.24, 2.45) is 4.99 Å². The average molecular weight is 414 g/mol. The van der Waals surface area contributed by atoms with Crippen LogP contribution < -0.4 is 9.91 Å². The molecule has 1 aromatic heterocycles. The van der Waals surface area contributed by atoms with Gasteiger partial charge in [0.25, 0.3) is 11.8 Å². The molecule has 1 saturated carbocycles. The van der Waals surface area contributed by atoms with Crippen molar-refractivity contribution >= 4 is 29.8 Å². The number of hydrogen-bond acceptors (Lipinski definition) is 9. The molecule has 9 nitrogen and oxygen atoms in total. The first-order valence-electron chi connectivity index (χ1n) is 9.72. The maximum absolute atomic E-state index is 6.33. The predicted molar refractivity (Wildman–Crippen MR) is 107 cm³/mol. The van der Waals surface area contributed by atoms with Crippen LogP contribution in [0.4, 0.5) is 11.6 Å². The number of fused-ring (bicyclic) bond motifs is 6. The molecule has 3 aliphatic heterocycles. The van der Waals surface area contributed by atoms with E-state index in [1.54, 1.807) is 17.9 Å². The summed E-state index contributed by atoms with van der Waals surface area (Å²) in [5.74, 6) is 1.87. The van der Waals surface area contributed by atoms with Crippen LogP contribution in [0.1, 0.15) is 43.3 Å². The first-order valence-corrected chi connectivity index (χ1v) is 10.1. The largest absolute Gasteiger partial charge is 0.368 e. The van der Waals surface area contributed by atoms with Crippen molar-refractivity contribution in [1.29, 1.82) is 0 Å². The standard InChI is InChI=1S/C19H20ClN7O2/c1-28-19(8-4-5-9-19)17-22-18(23-29-17)26-11-21-16-13-6-2-3-7-14(13)25-12-24(20)10-15(25)27(16)26/h2-3,6-7,10-11,16H,4-5,8-9,12H2,1H3. The molecule has 0 bridgehead atoms. The number of anilines is 2. The number of ether oxygens (including phenoxy) is 1. The van der Waals surface area contributed by atoms with Crippen molar-refractivity contribution in [3.05, 3.63) is 47.7 Å². The van der Waals surface area contributed by atoms with Crippen LogP contribution >= 0.6 is 11.8 Å². The highest BCUT2D eigenvalue weighted by Crippen LogP contribution is 2.47. The van der Waals surface area contributed by atoms with Crippen LogP contribution in [0.15, 0.2) is 45.8 Å². The maximum Gasteiger partial charge on any atom is 0.290 e. The van der Waals surface area contributed by atoms with Gasteiger partial charge < -0.3 is 14.2 Å². The molecule has 0 spiro atoms. The Bertz CT molecular complexity index is 1020. The molecule has 10 heteroatoms. The van der Waals surface area contributed by atoms with Gasteiger partial charge in [0.05, 0.1) is 11.9 Å². The van der Waals surface area contributed by atoms with Crippen molar-refractivity contribution < 1.29 is 9.26 Å². The first-order chi connectivity index (χ1) is 14.2. The number of halogens is 1. The normalized spacial score (nSPS) is 24.1. The molecule has 4 aliphatic rings. The average Bonchev–Trinajstić information content (AvgIpc) is 3.51. The second-order valence-electron chi connectivity index (χ2n) is 7.65. The Morgan fingerprint density at radius 2 is 2.07 bits per heavy atom. The van der Waals surface area contributed by atoms with Crippen LogP contribution in [-0.2, 0) is 10.3 Å². The van der Waals surface area contributed by atoms with Crippen LogP contribution in [0.25, 0.3) is 0 Å². The lowest BCUT2D eigenvalue weighted by molar-refractivity contribution is -0.0342. The van der Waals surface area contributed by atoms with Gasteiger partial charge >= 0.3 is 0 Å². The van der Waals surface area contributed by atoms with E-state index >= 15 is 0 Å². The Morgan fingerprint density at radius 3 is 2.90 bits per heavy atom. The maximum atomic E-state index is 6.33. The van der Waals surface area contributed by atoms with Gasteiger partial charge in [-0.3, -0.25) is 4.42 Å². The number of aliphatic imine (C=N–C) groups is 1. The molecule has 1 atom stereocenters. The van der Waals surface area contributed by atoms with Crippen LogP contribution in [-0.4, -0.2) is 39.7 Å². The highest BCUT2D eigenvalue weighted by molar-refractivity contribution is 6.14. The van der Waals surface area contributed by atoms with Crippen LogP contribution in [0.3, 0.4) is 0 Å². The highest BCUT2D eigenvalue weighted by atomic mass is 35.5. The van der Waals surface area contributed by atoms with E-state index in [4.69, 9.17) is 31.0 Å². The number of para-hydroxylation sites is 1. The van der Waals surface area contributed by atoms with Gasteiger partial charge in [0, 0.05) is 24.4 Å². The zero-order valence-corrected chi connectivity index (χ0v) is 16.7. The van der Waals surface area contributed by atoms with Crippen LogP contribution in [0, 0.1) is 0 Å². The summed E-state index contributed by atoms with van der Waals surface area (Å²) in [5, 5.41) is 8.11. The Kier molecular flexibility index (Phi) is 3.60. The van der Waals surface area contributed by atoms with Gasteiger partial charge in [-0.25, -0.2) is 15.0 Å². The third-order valence-corrected chi connectivity index (χ3v) is 6.35. The van der Waals surface area contributed by atoms with Crippen molar-refractivity contribution in [2.75, 3.05) is 23.7 Å². The van der Waals surface area contributed by atoms with Gasteiger partial charge in [-0.1, -0.05) is 18.2 Å². The lowest BCUT2D eigenvalue weighted by Gasteiger charge is -2.41. The minimum absolute atomic E-state index is 0.207. The van der Waals surface area contributed by atoms with Gasteiger partial charge in [0.15, 0.2) is 6.17 Å². The third kappa shape index (κ3) is 2.34. The number of methoxy groups -OCH3 is 1. The summed E-state index contributed by atoms with van der Waals surface area (Å²) in [7, 11) is 1.71. The molecule has 1 fully saturated rings. The molecule has 0 radical (unpaired) electrons. The van der Waals surface area contributed by atoms with E-state index in [-0.39, 0.29) is 6.17 Å². The number of hydrogen-bond donors (Lipinski definition) is 0. The number of nitrogens with zero attached hydrogens (tertiary/aromatic N) is 7. The summed E-state index contributed by atoms with van der Waals surface area (Å²) in [6.07, 6.45) is 7.39. The summed E-state index contributed by atoms with van der Waals surface area (Å²) in [5.41, 5.74) is 1.71. The Labute approximate surface area is 172 Å². The van der Waals surface area contributed by atoms with E-state index in [1.165, 1.54) is 0 Å². The minimum atomic E-state index is -0.485. The van der Waals surface area contributed by atoms with E-state index in [0.717, 1.165) is 42.8 Å². The van der Waals surface area contributed by atoms with Gasteiger partial charge in [-0.15, -0.1) is 0 Å². The molecule has 29 heavy (non-hydrogen) atoms. The van der Waals surface area contributed by atoms with Crippen molar-refractivity contribution in [3.63, 3.8) is 0 Å². The fraction of sp³-hybridized carbons (Fsp3) is 0.421. The molecule has 1 aliphatic carbocycles. The SMILES string of the molecule is COC1(c2nc(N3C=NC4c5ccccc5N5CN(Cl)C=C5N43)no2)CCCC1. The predicted octanol–water partition coefficient (Wildman–Crippen LogP) is 3.30. The Morgan fingerprint density at radius 1 is 1.24 bits per heavy atom. The number of rotatable bonds is 3. The van der Waals surface area contributed by atoms with Gasteiger partial charge in [-0.2, -0.15) is 4.98 Å². The highest BCUT2D eigenvalue weighted by Gasteiger charge is 2.46. The van der Waals surface area contributed by atoms with Gasteiger partial charge in [-0.05, 0) is 36.9 Å². The van der Waals surface area contributed by atoms with Gasteiger partial charge in [0.1, 0.15) is 24.4 Å². The fourth-order valence-electron chi connectivity index (χ4n) is 4.68. The summed E-state index contributed by atoms with van der Waals surface area (Å²) >= 11 is 6.33. The van der Waals surface area contributed by atoms with Crippen LogP contribution in [0.5, 0.6) is 0 Å².